The van der Waals surface area contributed by atoms with E-state index in [2.05, 4.69) is 20.9 Å². The molecule has 72 valence electrons. The fraction of sp³-hybridized carbons (Fsp3) is 0.100. The first-order chi connectivity index (χ1) is 6.70. The van der Waals surface area contributed by atoms with Crippen molar-refractivity contribution in [1.29, 1.82) is 0 Å². The first kappa shape index (κ1) is 9.52. The van der Waals surface area contributed by atoms with E-state index in [9.17, 15) is 8.78 Å². The fourth-order valence-corrected chi connectivity index (χ4v) is 1.80. The van der Waals surface area contributed by atoms with Crippen LogP contribution >= 0.6 is 15.9 Å². The molecule has 0 atom stereocenters. The van der Waals surface area contributed by atoms with Gasteiger partial charge in [0.1, 0.15) is 5.69 Å². The van der Waals surface area contributed by atoms with Crippen LogP contribution in [0.1, 0.15) is 12.1 Å². The van der Waals surface area contributed by atoms with Gasteiger partial charge in [0.25, 0.3) is 6.43 Å². The molecule has 0 spiro atoms. The smallest absolute Gasteiger partial charge is 0.253 e. The van der Waals surface area contributed by atoms with Crippen LogP contribution in [0.15, 0.2) is 34.9 Å². The third kappa shape index (κ3) is 1.50. The number of benzene rings is 1. The Morgan fingerprint density at radius 3 is 2.43 bits per heavy atom. The first-order valence-corrected chi connectivity index (χ1v) is 4.80. The molecule has 14 heavy (non-hydrogen) atoms. The van der Waals surface area contributed by atoms with E-state index in [4.69, 9.17) is 0 Å². The molecule has 0 aliphatic heterocycles. The van der Waals surface area contributed by atoms with Crippen LogP contribution in [0.2, 0.25) is 0 Å². The molecule has 0 bridgehead atoms. The maximum absolute atomic E-state index is 12.6. The van der Waals surface area contributed by atoms with E-state index in [1.54, 1.807) is 18.2 Å². The van der Waals surface area contributed by atoms with Gasteiger partial charge in [0, 0.05) is 16.1 Å². The summed E-state index contributed by atoms with van der Waals surface area (Å²) in [5, 5.41) is 1.26. The van der Waals surface area contributed by atoms with E-state index in [0.29, 0.717) is 5.39 Å². The van der Waals surface area contributed by atoms with Crippen LogP contribution in [0.25, 0.3) is 10.8 Å². The molecular formula is C10H6BrF2N. The molecule has 0 unspecified atom stereocenters. The molecule has 1 nitrogen and oxygen atoms in total. The van der Waals surface area contributed by atoms with E-state index in [0.717, 1.165) is 9.86 Å². The molecule has 1 heterocycles. The maximum Gasteiger partial charge on any atom is 0.280 e. The van der Waals surface area contributed by atoms with Gasteiger partial charge in [-0.3, -0.25) is 4.98 Å². The van der Waals surface area contributed by atoms with Gasteiger partial charge in [0.2, 0.25) is 0 Å². The van der Waals surface area contributed by atoms with Crippen molar-refractivity contribution >= 4 is 26.7 Å². The molecule has 1 aromatic carbocycles. The lowest BCUT2D eigenvalue weighted by molar-refractivity contribution is 0.148. The van der Waals surface area contributed by atoms with Crippen molar-refractivity contribution in [2.75, 3.05) is 0 Å². The quantitative estimate of drug-likeness (QED) is 0.755. The van der Waals surface area contributed by atoms with Crippen LogP contribution in [0.4, 0.5) is 8.78 Å². The Morgan fingerprint density at radius 2 is 1.79 bits per heavy atom. The molecule has 1 aromatic heterocycles. The van der Waals surface area contributed by atoms with Crippen LogP contribution in [0, 0.1) is 0 Å². The second kappa shape index (κ2) is 3.61. The van der Waals surface area contributed by atoms with Gasteiger partial charge in [-0.25, -0.2) is 8.78 Å². The number of alkyl halides is 2. The van der Waals surface area contributed by atoms with Gasteiger partial charge in [-0.1, -0.05) is 24.3 Å². The summed E-state index contributed by atoms with van der Waals surface area (Å²) < 4.78 is 25.8. The normalized spacial score (nSPS) is 11.1. The molecule has 4 heteroatoms. The lowest BCUT2D eigenvalue weighted by Gasteiger charge is -2.05. The number of hydrogen-bond acceptors (Lipinski definition) is 1. The van der Waals surface area contributed by atoms with E-state index < -0.39 is 6.43 Å². The Labute approximate surface area is 87.9 Å². The minimum atomic E-state index is -2.53. The van der Waals surface area contributed by atoms with Crippen LogP contribution in [0.3, 0.4) is 0 Å². The Balaban J connectivity index is 2.82. The molecule has 0 saturated carbocycles. The van der Waals surface area contributed by atoms with Crippen molar-refractivity contribution in [3.63, 3.8) is 0 Å². The lowest BCUT2D eigenvalue weighted by Crippen LogP contribution is -1.91. The van der Waals surface area contributed by atoms with Crippen molar-refractivity contribution in [2.24, 2.45) is 0 Å². The summed E-state index contributed by atoms with van der Waals surface area (Å²) in [6.07, 6.45) is -1.13. The average molecular weight is 258 g/mol. The summed E-state index contributed by atoms with van der Waals surface area (Å²) in [6.45, 7) is 0. The molecule has 2 aromatic rings. The molecule has 0 aliphatic rings. The van der Waals surface area contributed by atoms with Crippen LogP contribution < -0.4 is 0 Å². The molecule has 0 radical (unpaired) electrons. The highest BCUT2D eigenvalue weighted by Gasteiger charge is 2.13. The molecule has 0 fully saturated rings. The Kier molecular flexibility index (Phi) is 2.46. The third-order valence-corrected chi connectivity index (χ3v) is 2.62. The van der Waals surface area contributed by atoms with Gasteiger partial charge >= 0.3 is 0 Å². The fourth-order valence-electron chi connectivity index (χ4n) is 1.35. The number of nitrogens with zero attached hydrogens (tertiary/aromatic N) is 1. The van der Waals surface area contributed by atoms with Crippen molar-refractivity contribution in [1.82, 2.24) is 4.98 Å². The molecule has 2 rings (SSSR count). The predicted octanol–water partition coefficient (Wildman–Crippen LogP) is 3.93. The summed E-state index contributed by atoms with van der Waals surface area (Å²) in [5.41, 5.74) is -0.163. The standard InChI is InChI=1S/C10H6BrF2N/c11-8-5-14-9(10(12)13)7-4-2-1-3-6(7)8/h1-5,10H. The summed E-state index contributed by atoms with van der Waals surface area (Å²) in [5.74, 6) is 0. The largest absolute Gasteiger partial charge is 0.280 e. The minimum Gasteiger partial charge on any atom is -0.253 e. The monoisotopic (exact) mass is 257 g/mol. The van der Waals surface area contributed by atoms with Crippen LogP contribution in [-0.4, -0.2) is 4.98 Å². The summed E-state index contributed by atoms with van der Waals surface area (Å²) in [7, 11) is 0. The van der Waals surface area contributed by atoms with Gasteiger partial charge in [-0.15, -0.1) is 0 Å². The minimum absolute atomic E-state index is 0.163. The highest BCUT2D eigenvalue weighted by atomic mass is 79.9. The third-order valence-electron chi connectivity index (χ3n) is 1.98. The maximum atomic E-state index is 12.6. The zero-order valence-electron chi connectivity index (χ0n) is 7.05. The zero-order chi connectivity index (χ0) is 10.1. The van der Waals surface area contributed by atoms with Gasteiger partial charge < -0.3 is 0 Å². The second-order valence-electron chi connectivity index (χ2n) is 2.84. The van der Waals surface area contributed by atoms with E-state index in [1.165, 1.54) is 6.20 Å². The molecule has 0 N–H and O–H groups in total. The SMILES string of the molecule is FC(F)c1ncc(Br)c2ccccc12. The van der Waals surface area contributed by atoms with E-state index >= 15 is 0 Å². The highest BCUT2D eigenvalue weighted by Crippen LogP contribution is 2.29. The number of rotatable bonds is 1. The van der Waals surface area contributed by atoms with Gasteiger partial charge in [-0.2, -0.15) is 0 Å². The Morgan fingerprint density at radius 1 is 1.14 bits per heavy atom. The van der Waals surface area contributed by atoms with Crippen molar-refractivity contribution in [3.8, 4) is 0 Å². The summed E-state index contributed by atoms with van der Waals surface area (Å²) in [6, 6.07) is 6.96. The Bertz CT molecular complexity index is 471. The molecule has 0 amide bonds. The predicted molar refractivity (Wildman–Crippen MR) is 54.4 cm³/mol. The second-order valence-corrected chi connectivity index (χ2v) is 3.69. The van der Waals surface area contributed by atoms with Crippen molar-refractivity contribution in [3.05, 3.63) is 40.6 Å². The van der Waals surface area contributed by atoms with Gasteiger partial charge in [0.05, 0.1) is 0 Å². The average Bonchev–Trinajstić information content (AvgIpc) is 2.18. The highest BCUT2D eigenvalue weighted by molar-refractivity contribution is 9.10. The lowest BCUT2D eigenvalue weighted by atomic mass is 10.1. The van der Waals surface area contributed by atoms with Gasteiger partial charge in [0.15, 0.2) is 0 Å². The summed E-state index contributed by atoms with van der Waals surface area (Å²) in [4.78, 5) is 3.71. The molecular weight excluding hydrogens is 252 g/mol. The zero-order valence-corrected chi connectivity index (χ0v) is 8.63. The van der Waals surface area contributed by atoms with Crippen molar-refractivity contribution < 1.29 is 8.78 Å². The molecule has 0 aliphatic carbocycles. The first-order valence-electron chi connectivity index (χ1n) is 4.01. The number of aromatic nitrogens is 1. The van der Waals surface area contributed by atoms with E-state index in [1.807, 2.05) is 6.07 Å². The number of pyridine rings is 1. The van der Waals surface area contributed by atoms with Gasteiger partial charge in [-0.05, 0) is 21.3 Å². The van der Waals surface area contributed by atoms with Crippen LogP contribution in [0.5, 0.6) is 0 Å². The number of hydrogen-bond donors (Lipinski definition) is 0. The molecule has 0 saturated heterocycles. The summed E-state index contributed by atoms with van der Waals surface area (Å²) >= 11 is 3.27. The van der Waals surface area contributed by atoms with E-state index in [-0.39, 0.29) is 5.69 Å². The van der Waals surface area contributed by atoms with Crippen LogP contribution in [-0.2, 0) is 0 Å². The number of halogens is 3. The topological polar surface area (TPSA) is 12.9 Å². The van der Waals surface area contributed by atoms with Crippen molar-refractivity contribution in [2.45, 2.75) is 6.43 Å². The number of fused-ring (bicyclic) bond motifs is 1. The Hall–Kier alpha value is -1.03.